The quantitative estimate of drug-likeness (QED) is 0.366. The minimum atomic E-state index is 0. The zero-order valence-electron chi connectivity index (χ0n) is 16.3. The third-order valence-electron chi connectivity index (χ3n) is 4.56. The zero-order chi connectivity index (χ0) is 17.6. The van der Waals surface area contributed by atoms with Crippen LogP contribution in [0, 0.1) is 5.92 Å². The van der Waals surface area contributed by atoms with Crippen molar-refractivity contribution < 1.29 is 4.79 Å². The Bertz CT molecular complexity index is 414. The summed E-state index contributed by atoms with van der Waals surface area (Å²) in [4.78, 5) is 20.3. The average Bonchev–Trinajstić information content (AvgIpc) is 2.85. The summed E-state index contributed by atoms with van der Waals surface area (Å²) >= 11 is 0. The summed E-state index contributed by atoms with van der Waals surface area (Å²) in [5, 5.41) is 6.94. The number of halogens is 1. The highest BCUT2D eigenvalue weighted by atomic mass is 127. The summed E-state index contributed by atoms with van der Waals surface area (Å²) in [7, 11) is 3.51. The summed E-state index contributed by atoms with van der Waals surface area (Å²) in [6, 6.07) is 1.25. The van der Waals surface area contributed by atoms with Gasteiger partial charge in [0.15, 0.2) is 5.96 Å². The lowest BCUT2D eigenvalue weighted by molar-refractivity contribution is -0.127. The second-order valence-corrected chi connectivity index (χ2v) is 7.18. The van der Waals surface area contributed by atoms with Crippen LogP contribution in [0.2, 0.25) is 0 Å². The molecule has 2 N–H and O–H groups in total. The molecule has 0 radical (unpaired) electrons. The summed E-state index contributed by atoms with van der Waals surface area (Å²) in [6.45, 7) is 13.3. The van der Waals surface area contributed by atoms with Crippen LogP contribution in [0.25, 0.3) is 0 Å². The highest BCUT2D eigenvalue weighted by molar-refractivity contribution is 14.0. The lowest BCUT2D eigenvalue weighted by atomic mass is 10.1. The van der Waals surface area contributed by atoms with Crippen LogP contribution in [0.5, 0.6) is 0 Å². The van der Waals surface area contributed by atoms with E-state index in [0.29, 0.717) is 24.0 Å². The number of carbonyl (C=O) groups is 1. The van der Waals surface area contributed by atoms with Crippen LogP contribution in [0.4, 0.5) is 0 Å². The van der Waals surface area contributed by atoms with Crippen LogP contribution in [-0.2, 0) is 4.79 Å². The van der Waals surface area contributed by atoms with Crippen LogP contribution < -0.4 is 10.6 Å². The first kappa shape index (κ1) is 23.4. The Kier molecular flexibility index (Phi) is 10.9. The SMILES string of the molecule is CCC(C)NC(=NCC(=O)N(C)C)NC1CN(C(C)C)CC1C.I. The third-order valence-corrected chi connectivity index (χ3v) is 4.56. The number of likely N-dealkylation sites (tertiary alicyclic amines) is 1. The molecule has 1 aliphatic rings. The van der Waals surface area contributed by atoms with Crippen LogP contribution in [0.1, 0.15) is 41.0 Å². The molecule has 6 nitrogen and oxygen atoms in total. The number of guanidine groups is 1. The van der Waals surface area contributed by atoms with E-state index in [1.807, 2.05) is 0 Å². The van der Waals surface area contributed by atoms with Gasteiger partial charge in [-0.05, 0) is 33.1 Å². The summed E-state index contributed by atoms with van der Waals surface area (Å²) in [6.07, 6.45) is 1.01. The van der Waals surface area contributed by atoms with Gasteiger partial charge in [-0.3, -0.25) is 9.69 Å². The van der Waals surface area contributed by atoms with Crippen molar-refractivity contribution in [3.05, 3.63) is 0 Å². The van der Waals surface area contributed by atoms with Gasteiger partial charge in [0.2, 0.25) is 5.91 Å². The van der Waals surface area contributed by atoms with Gasteiger partial charge in [-0.2, -0.15) is 0 Å². The first-order chi connectivity index (χ1) is 10.7. The van der Waals surface area contributed by atoms with Crippen molar-refractivity contribution in [2.75, 3.05) is 33.7 Å². The smallest absolute Gasteiger partial charge is 0.243 e. The molecule has 0 aromatic rings. The van der Waals surface area contributed by atoms with Crippen molar-refractivity contribution in [3.63, 3.8) is 0 Å². The molecule has 0 aliphatic carbocycles. The second kappa shape index (κ2) is 11.1. The number of amides is 1. The molecule has 1 amide bonds. The summed E-state index contributed by atoms with van der Waals surface area (Å²) < 4.78 is 0. The number of nitrogens with one attached hydrogen (secondary N) is 2. The van der Waals surface area contributed by atoms with Crippen LogP contribution in [-0.4, -0.2) is 73.5 Å². The van der Waals surface area contributed by atoms with E-state index in [0.717, 1.165) is 25.5 Å². The van der Waals surface area contributed by atoms with E-state index < -0.39 is 0 Å². The Morgan fingerprint density at radius 3 is 2.38 bits per heavy atom. The van der Waals surface area contributed by atoms with E-state index >= 15 is 0 Å². The van der Waals surface area contributed by atoms with Gasteiger partial charge in [-0.1, -0.05) is 13.8 Å². The van der Waals surface area contributed by atoms with Crippen molar-refractivity contribution in [2.24, 2.45) is 10.9 Å². The van der Waals surface area contributed by atoms with Gasteiger partial charge in [0.25, 0.3) is 0 Å². The molecule has 142 valence electrons. The van der Waals surface area contributed by atoms with Gasteiger partial charge in [0.05, 0.1) is 0 Å². The Labute approximate surface area is 164 Å². The minimum absolute atomic E-state index is 0. The lowest BCUT2D eigenvalue weighted by Gasteiger charge is -2.24. The van der Waals surface area contributed by atoms with E-state index in [9.17, 15) is 4.79 Å². The molecule has 0 bridgehead atoms. The maximum absolute atomic E-state index is 11.8. The van der Waals surface area contributed by atoms with E-state index in [-0.39, 0.29) is 36.4 Å². The first-order valence-electron chi connectivity index (χ1n) is 8.76. The molecule has 1 rings (SSSR count). The predicted octanol–water partition coefficient (Wildman–Crippen LogP) is 1.76. The Balaban J connectivity index is 0.00000529. The molecular formula is C17H36IN5O. The molecule has 3 unspecified atom stereocenters. The fourth-order valence-corrected chi connectivity index (χ4v) is 2.55. The van der Waals surface area contributed by atoms with Crippen molar-refractivity contribution in [1.82, 2.24) is 20.4 Å². The predicted molar refractivity (Wildman–Crippen MR) is 112 cm³/mol. The number of aliphatic imine (C=N–C) groups is 1. The number of rotatable bonds is 6. The molecule has 1 fully saturated rings. The highest BCUT2D eigenvalue weighted by Crippen LogP contribution is 2.18. The molecule has 0 spiro atoms. The van der Waals surface area contributed by atoms with E-state index in [1.54, 1.807) is 19.0 Å². The largest absolute Gasteiger partial charge is 0.354 e. The van der Waals surface area contributed by atoms with Crippen LogP contribution >= 0.6 is 24.0 Å². The number of carbonyl (C=O) groups excluding carboxylic acids is 1. The van der Waals surface area contributed by atoms with Gasteiger partial charge in [0, 0.05) is 45.3 Å². The summed E-state index contributed by atoms with van der Waals surface area (Å²) in [5.41, 5.74) is 0. The third kappa shape index (κ3) is 7.55. The molecule has 3 atom stereocenters. The topological polar surface area (TPSA) is 60.0 Å². The monoisotopic (exact) mass is 453 g/mol. The first-order valence-corrected chi connectivity index (χ1v) is 8.76. The van der Waals surface area contributed by atoms with Crippen molar-refractivity contribution in [3.8, 4) is 0 Å². The van der Waals surface area contributed by atoms with Crippen LogP contribution in [0.15, 0.2) is 4.99 Å². The molecule has 24 heavy (non-hydrogen) atoms. The molecule has 0 saturated carbocycles. The Morgan fingerprint density at radius 1 is 1.29 bits per heavy atom. The molecule has 1 heterocycles. The molecule has 0 aromatic heterocycles. The normalized spacial score (nSPS) is 22.9. The van der Waals surface area contributed by atoms with Gasteiger partial charge in [-0.15, -0.1) is 24.0 Å². The molecular weight excluding hydrogens is 417 g/mol. The van der Waals surface area contributed by atoms with E-state index in [2.05, 4.69) is 55.1 Å². The van der Waals surface area contributed by atoms with E-state index in [4.69, 9.17) is 0 Å². The van der Waals surface area contributed by atoms with Gasteiger partial charge < -0.3 is 15.5 Å². The number of likely N-dealkylation sites (N-methyl/N-ethyl adjacent to an activating group) is 1. The average molecular weight is 453 g/mol. The molecule has 0 aromatic carbocycles. The van der Waals surface area contributed by atoms with Crippen molar-refractivity contribution in [1.29, 1.82) is 0 Å². The number of hydrogen-bond acceptors (Lipinski definition) is 3. The molecule has 1 aliphatic heterocycles. The van der Waals surface area contributed by atoms with Crippen molar-refractivity contribution in [2.45, 2.75) is 59.2 Å². The Hall–Kier alpha value is -0.570. The van der Waals surface area contributed by atoms with E-state index in [1.165, 1.54) is 0 Å². The van der Waals surface area contributed by atoms with Crippen molar-refractivity contribution >= 4 is 35.8 Å². The van der Waals surface area contributed by atoms with Gasteiger partial charge in [0.1, 0.15) is 6.54 Å². The second-order valence-electron chi connectivity index (χ2n) is 7.18. The highest BCUT2D eigenvalue weighted by Gasteiger charge is 2.31. The fraction of sp³-hybridized carbons (Fsp3) is 0.882. The number of hydrogen-bond donors (Lipinski definition) is 2. The van der Waals surface area contributed by atoms with Gasteiger partial charge in [-0.25, -0.2) is 4.99 Å². The zero-order valence-corrected chi connectivity index (χ0v) is 18.6. The Morgan fingerprint density at radius 2 is 1.92 bits per heavy atom. The minimum Gasteiger partial charge on any atom is -0.354 e. The lowest BCUT2D eigenvalue weighted by Crippen LogP contribution is -2.49. The maximum Gasteiger partial charge on any atom is 0.243 e. The maximum atomic E-state index is 11.8. The van der Waals surface area contributed by atoms with Crippen LogP contribution in [0.3, 0.4) is 0 Å². The molecule has 1 saturated heterocycles. The fourth-order valence-electron chi connectivity index (χ4n) is 2.55. The van der Waals surface area contributed by atoms with Gasteiger partial charge >= 0.3 is 0 Å². The standard InChI is InChI=1S/C17H35N5O.HI/c1-8-14(5)19-17(18-9-16(23)21(6)7)20-15-11-22(12(2)3)10-13(15)4;/h12-15H,8-11H2,1-7H3,(H2,18,19,20);1H. The summed E-state index contributed by atoms with van der Waals surface area (Å²) in [5.74, 6) is 1.32. The molecule has 7 heteroatoms. The number of nitrogens with zero attached hydrogens (tertiary/aromatic N) is 3.